The highest BCUT2D eigenvalue weighted by molar-refractivity contribution is 6.16. The molecule has 1 fully saturated rings. The molecule has 0 saturated carbocycles. The van der Waals surface area contributed by atoms with Gasteiger partial charge in [-0.15, -0.1) is 0 Å². The summed E-state index contributed by atoms with van der Waals surface area (Å²) in [7, 11) is 0. The Morgan fingerprint density at radius 1 is 0.730 bits per heavy atom. The smallest absolute Gasteiger partial charge is 0.338 e. The molecule has 0 radical (unpaired) electrons. The highest BCUT2D eigenvalue weighted by atomic mass is 16.7. The molecule has 37 heavy (non-hydrogen) atoms. The van der Waals surface area contributed by atoms with Crippen LogP contribution < -0.4 is 0 Å². The van der Waals surface area contributed by atoms with Gasteiger partial charge in [0.15, 0.2) is 11.4 Å². The van der Waals surface area contributed by atoms with Crippen LogP contribution in [-0.2, 0) is 14.3 Å². The highest BCUT2D eigenvalue weighted by Crippen LogP contribution is 2.49. The number of aliphatic hydroxyl groups is 3. The van der Waals surface area contributed by atoms with Crippen molar-refractivity contribution >= 4 is 23.3 Å². The van der Waals surface area contributed by atoms with E-state index in [1.165, 1.54) is 60.7 Å². The van der Waals surface area contributed by atoms with E-state index in [1.54, 1.807) is 30.3 Å². The summed E-state index contributed by atoms with van der Waals surface area (Å²) in [6.07, 6.45) is -2.01. The fourth-order valence-corrected chi connectivity index (χ4v) is 4.41. The summed E-state index contributed by atoms with van der Waals surface area (Å²) < 4.78 is 10.6. The zero-order valence-electron chi connectivity index (χ0n) is 19.7. The van der Waals surface area contributed by atoms with E-state index in [1.807, 2.05) is 0 Å². The summed E-state index contributed by atoms with van der Waals surface area (Å²) in [6, 6.07) is 22.0. The highest BCUT2D eigenvalue weighted by Gasteiger charge is 2.81. The Balaban J connectivity index is 1.85. The van der Waals surface area contributed by atoms with Crippen LogP contribution in [0.25, 0.3) is 0 Å². The second kappa shape index (κ2) is 9.79. The monoisotopic (exact) mass is 504 g/mol. The van der Waals surface area contributed by atoms with Crippen LogP contribution in [0.5, 0.6) is 0 Å². The van der Waals surface area contributed by atoms with Gasteiger partial charge in [0.2, 0.25) is 17.2 Å². The molecule has 1 aliphatic heterocycles. The number of hydrogen-bond donors (Lipinski definition) is 3. The van der Waals surface area contributed by atoms with Gasteiger partial charge in [-0.2, -0.15) is 0 Å². The predicted octanol–water partition coefficient (Wildman–Crippen LogP) is 1.75. The zero-order chi connectivity index (χ0) is 26.8. The number of carbonyl (C=O) groups is 4. The van der Waals surface area contributed by atoms with Crippen molar-refractivity contribution in [2.45, 2.75) is 30.0 Å². The lowest BCUT2D eigenvalue weighted by Gasteiger charge is -2.40. The Morgan fingerprint density at radius 2 is 1.16 bits per heavy atom. The number of Topliss-reactive ketones (excluding diaryl/α,β-unsaturated/α-hetero) is 3. The van der Waals surface area contributed by atoms with Crippen LogP contribution in [0, 0.1) is 0 Å². The van der Waals surface area contributed by atoms with Gasteiger partial charge in [0, 0.05) is 18.1 Å². The number of benzene rings is 3. The fourth-order valence-electron chi connectivity index (χ4n) is 4.41. The summed E-state index contributed by atoms with van der Waals surface area (Å²) in [4.78, 5) is 52.6. The van der Waals surface area contributed by atoms with Crippen molar-refractivity contribution in [3.8, 4) is 0 Å². The van der Waals surface area contributed by atoms with E-state index in [-0.39, 0.29) is 16.7 Å². The van der Waals surface area contributed by atoms with Gasteiger partial charge >= 0.3 is 5.97 Å². The average molecular weight is 504 g/mol. The van der Waals surface area contributed by atoms with E-state index in [9.17, 15) is 34.5 Å². The molecule has 0 spiro atoms. The first kappa shape index (κ1) is 26.1. The summed E-state index contributed by atoms with van der Waals surface area (Å²) >= 11 is 0. The van der Waals surface area contributed by atoms with Gasteiger partial charge in [0.25, 0.3) is 5.79 Å². The first-order valence-electron chi connectivity index (χ1n) is 11.3. The Hall–Kier alpha value is -4.02. The van der Waals surface area contributed by atoms with Gasteiger partial charge in [-0.1, -0.05) is 78.9 Å². The number of esters is 1. The number of rotatable bonds is 8. The zero-order valence-corrected chi connectivity index (χ0v) is 19.7. The molecule has 3 N–H and O–H groups in total. The number of ketones is 3. The van der Waals surface area contributed by atoms with Crippen molar-refractivity contribution in [1.82, 2.24) is 0 Å². The van der Waals surface area contributed by atoms with E-state index >= 15 is 0 Å². The van der Waals surface area contributed by atoms with Crippen molar-refractivity contribution in [1.29, 1.82) is 0 Å². The molecule has 1 saturated heterocycles. The lowest BCUT2D eigenvalue weighted by molar-refractivity contribution is -0.239. The van der Waals surface area contributed by atoms with Crippen molar-refractivity contribution in [3.05, 3.63) is 108 Å². The summed E-state index contributed by atoms with van der Waals surface area (Å²) in [5, 5.41) is 35.1. The maximum Gasteiger partial charge on any atom is 0.338 e. The Labute approximate surface area is 211 Å². The fraction of sp³-hybridized carbons (Fsp3) is 0.214. The van der Waals surface area contributed by atoms with E-state index in [0.717, 1.165) is 6.92 Å². The minimum absolute atomic E-state index is 0.135. The van der Waals surface area contributed by atoms with Gasteiger partial charge in [-0.3, -0.25) is 14.4 Å². The second-order valence-corrected chi connectivity index (χ2v) is 8.64. The average Bonchev–Trinajstić information content (AvgIpc) is 3.12. The molecule has 3 aromatic carbocycles. The SMILES string of the molecule is CC(=O)C1(O)O[C@@H](COC(=O)c2ccccc2)[C@@](O)(C(=O)c2ccccc2)[C@@]1(O)C(=O)c1ccccc1. The molecule has 3 aromatic rings. The molecular weight excluding hydrogens is 480 g/mol. The molecule has 9 heteroatoms. The van der Waals surface area contributed by atoms with Crippen LogP contribution in [-0.4, -0.2) is 68.3 Å². The van der Waals surface area contributed by atoms with E-state index < -0.39 is 53.0 Å². The van der Waals surface area contributed by atoms with Crippen LogP contribution in [0.3, 0.4) is 0 Å². The third-order valence-electron chi connectivity index (χ3n) is 6.42. The Bertz CT molecular complexity index is 1330. The number of hydrogen-bond acceptors (Lipinski definition) is 9. The Morgan fingerprint density at radius 3 is 1.62 bits per heavy atom. The molecule has 9 nitrogen and oxygen atoms in total. The lowest BCUT2D eigenvalue weighted by Crippen LogP contribution is -2.73. The van der Waals surface area contributed by atoms with Crippen LogP contribution in [0.15, 0.2) is 91.0 Å². The predicted molar refractivity (Wildman–Crippen MR) is 129 cm³/mol. The largest absolute Gasteiger partial charge is 0.459 e. The number of ether oxygens (including phenoxy) is 2. The summed E-state index contributed by atoms with van der Waals surface area (Å²) in [5.74, 6) is -8.04. The maximum atomic E-state index is 13.8. The van der Waals surface area contributed by atoms with Crippen molar-refractivity contribution in [2.24, 2.45) is 0 Å². The lowest BCUT2D eigenvalue weighted by atomic mass is 9.68. The third kappa shape index (κ3) is 4.08. The van der Waals surface area contributed by atoms with Gasteiger partial charge in [0.1, 0.15) is 12.7 Å². The molecule has 1 unspecified atom stereocenters. The molecule has 1 heterocycles. The van der Waals surface area contributed by atoms with Gasteiger partial charge in [-0.05, 0) is 12.1 Å². The van der Waals surface area contributed by atoms with Crippen LogP contribution in [0.4, 0.5) is 0 Å². The second-order valence-electron chi connectivity index (χ2n) is 8.64. The van der Waals surface area contributed by atoms with Gasteiger partial charge in [0.05, 0.1) is 5.56 Å². The quantitative estimate of drug-likeness (QED) is 0.308. The first-order valence-corrected chi connectivity index (χ1v) is 11.3. The van der Waals surface area contributed by atoms with Crippen molar-refractivity contribution in [3.63, 3.8) is 0 Å². The third-order valence-corrected chi connectivity index (χ3v) is 6.42. The normalized spacial score (nSPS) is 26.9. The van der Waals surface area contributed by atoms with E-state index in [4.69, 9.17) is 9.47 Å². The van der Waals surface area contributed by atoms with Gasteiger partial charge < -0.3 is 24.8 Å². The Kier molecular flexibility index (Phi) is 6.90. The molecule has 0 aliphatic carbocycles. The topological polar surface area (TPSA) is 147 Å². The van der Waals surface area contributed by atoms with Crippen LogP contribution in [0.2, 0.25) is 0 Å². The van der Waals surface area contributed by atoms with Crippen LogP contribution in [0.1, 0.15) is 38.0 Å². The maximum absolute atomic E-state index is 13.8. The summed E-state index contributed by atoms with van der Waals surface area (Å²) in [6.45, 7) is -0.0578. The molecule has 4 atom stereocenters. The molecule has 190 valence electrons. The molecule has 0 amide bonds. The minimum Gasteiger partial charge on any atom is -0.459 e. The molecule has 0 aromatic heterocycles. The van der Waals surface area contributed by atoms with E-state index in [0.29, 0.717) is 0 Å². The molecule has 4 rings (SSSR count). The number of carbonyl (C=O) groups excluding carboxylic acids is 4. The first-order chi connectivity index (χ1) is 17.6. The molecular formula is C28H24O9. The van der Waals surface area contributed by atoms with Crippen molar-refractivity contribution in [2.75, 3.05) is 6.61 Å². The minimum atomic E-state index is -3.51. The molecule has 1 aliphatic rings. The van der Waals surface area contributed by atoms with Crippen LogP contribution >= 0.6 is 0 Å². The van der Waals surface area contributed by atoms with E-state index in [2.05, 4.69) is 0 Å². The van der Waals surface area contributed by atoms with Gasteiger partial charge in [-0.25, -0.2) is 4.79 Å². The summed E-state index contributed by atoms with van der Waals surface area (Å²) in [5.41, 5.74) is -6.99. The van der Waals surface area contributed by atoms with Crippen molar-refractivity contribution < 1.29 is 44.0 Å². The molecule has 0 bridgehead atoms. The standard InChI is InChI=1S/C28H24O9/c1-18(29)28(35)27(34,24(31)20-13-7-3-8-14-20)26(33,23(30)19-11-5-2-6-12-19)22(37-28)17-36-25(32)21-15-9-4-10-16-21/h2-16,22,33-35H,17H2,1H3/t22-,26+,27-,28?/m0/s1.